The lowest BCUT2D eigenvalue weighted by Crippen LogP contribution is -2.34. The van der Waals surface area contributed by atoms with E-state index in [0.717, 1.165) is 12.1 Å². The van der Waals surface area contributed by atoms with Crippen molar-refractivity contribution in [2.24, 2.45) is 10.9 Å². The molecule has 4 nitrogen and oxygen atoms in total. The monoisotopic (exact) mass is 219 g/mol. The minimum atomic E-state index is -3.83. The average molecular weight is 219 g/mol. The van der Waals surface area contributed by atoms with E-state index in [4.69, 9.17) is 14.4 Å². The first kappa shape index (κ1) is 13.8. The average Bonchev–Trinajstić information content (AvgIpc) is 1.95. The van der Waals surface area contributed by atoms with Crippen molar-refractivity contribution in [2.45, 2.75) is 39.7 Å². The molecule has 0 spiro atoms. The van der Waals surface area contributed by atoms with Crippen LogP contribution in [0.5, 0.6) is 0 Å². The molecule has 3 N–H and O–H groups in total. The third-order valence-electron chi connectivity index (χ3n) is 1.76. The van der Waals surface area contributed by atoms with Crippen molar-refractivity contribution in [1.82, 2.24) is 0 Å². The minimum absolute atomic E-state index is 0.0749. The van der Waals surface area contributed by atoms with E-state index in [9.17, 15) is 0 Å². The molecule has 0 heterocycles. The zero-order valence-corrected chi connectivity index (χ0v) is 10.2. The highest BCUT2D eigenvalue weighted by Crippen LogP contribution is 2.04. The topological polar surface area (TPSA) is 73.1 Å². The molecule has 0 amide bonds. The molecule has 0 aliphatic rings. The maximum absolute atomic E-state index is 8.73. The van der Waals surface area contributed by atoms with Gasteiger partial charge in [0.15, 0.2) is 0 Å². The SMILES string of the molecule is CC(CC(C)C)=NCCC[Si](O)(O)O. The summed E-state index contributed by atoms with van der Waals surface area (Å²) in [5, 5.41) is 0. The minimum Gasteiger partial charge on any atom is -0.390 e. The van der Waals surface area contributed by atoms with E-state index in [1.54, 1.807) is 0 Å². The molecule has 0 fully saturated rings. The lowest BCUT2D eigenvalue weighted by Gasteiger charge is -2.08. The fraction of sp³-hybridized carbons (Fsp3) is 0.889. The molecule has 84 valence electrons. The second-order valence-electron chi connectivity index (χ2n) is 4.09. The maximum atomic E-state index is 8.73. The summed E-state index contributed by atoms with van der Waals surface area (Å²) in [6.07, 6.45) is 1.51. The zero-order chi connectivity index (χ0) is 11.2. The molecule has 0 unspecified atom stereocenters. The van der Waals surface area contributed by atoms with Crippen LogP contribution < -0.4 is 0 Å². The Bertz CT molecular complexity index is 187. The van der Waals surface area contributed by atoms with Gasteiger partial charge in [0.2, 0.25) is 0 Å². The summed E-state index contributed by atoms with van der Waals surface area (Å²) in [6.45, 7) is 6.80. The first-order chi connectivity index (χ1) is 6.31. The zero-order valence-electron chi connectivity index (χ0n) is 9.19. The highest BCUT2D eigenvalue weighted by molar-refractivity contribution is 6.56. The van der Waals surface area contributed by atoms with Crippen LogP contribution in [0.4, 0.5) is 0 Å². The van der Waals surface area contributed by atoms with Gasteiger partial charge in [-0.05, 0) is 25.7 Å². The smallest absolute Gasteiger partial charge is 0.390 e. The Balaban J connectivity index is 3.61. The van der Waals surface area contributed by atoms with E-state index in [1.165, 1.54) is 0 Å². The molecule has 0 aliphatic carbocycles. The van der Waals surface area contributed by atoms with Crippen LogP contribution in [0.3, 0.4) is 0 Å². The second kappa shape index (κ2) is 6.29. The molecule has 0 aromatic carbocycles. The van der Waals surface area contributed by atoms with Gasteiger partial charge in [0.05, 0.1) is 0 Å². The quantitative estimate of drug-likeness (QED) is 0.351. The fourth-order valence-corrected chi connectivity index (χ4v) is 1.87. The van der Waals surface area contributed by atoms with Crippen LogP contribution >= 0.6 is 0 Å². The van der Waals surface area contributed by atoms with Gasteiger partial charge in [0.1, 0.15) is 0 Å². The van der Waals surface area contributed by atoms with Crippen LogP contribution in [-0.2, 0) is 0 Å². The van der Waals surface area contributed by atoms with Crippen molar-refractivity contribution >= 4 is 14.5 Å². The highest BCUT2D eigenvalue weighted by atomic mass is 28.4. The number of rotatable bonds is 6. The van der Waals surface area contributed by atoms with Crippen LogP contribution in [0.25, 0.3) is 0 Å². The van der Waals surface area contributed by atoms with Crippen molar-refractivity contribution in [1.29, 1.82) is 0 Å². The van der Waals surface area contributed by atoms with E-state index < -0.39 is 8.80 Å². The van der Waals surface area contributed by atoms with Gasteiger partial charge < -0.3 is 14.4 Å². The lowest BCUT2D eigenvalue weighted by atomic mass is 10.1. The summed E-state index contributed by atoms with van der Waals surface area (Å²) in [4.78, 5) is 30.5. The van der Waals surface area contributed by atoms with Crippen LogP contribution in [0.2, 0.25) is 6.04 Å². The Hall–Kier alpha value is -0.233. The van der Waals surface area contributed by atoms with Gasteiger partial charge >= 0.3 is 8.80 Å². The largest absolute Gasteiger partial charge is 0.492 e. The molecule has 0 aliphatic heterocycles. The third kappa shape index (κ3) is 9.85. The molecule has 0 saturated carbocycles. The Kier molecular flexibility index (Phi) is 6.18. The summed E-state index contributed by atoms with van der Waals surface area (Å²) in [5.74, 6) is 0.598. The predicted molar refractivity (Wildman–Crippen MR) is 59.3 cm³/mol. The van der Waals surface area contributed by atoms with Gasteiger partial charge in [0, 0.05) is 18.3 Å². The summed E-state index contributed by atoms with van der Waals surface area (Å²) in [6, 6.07) is 0.0749. The van der Waals surface area contributed by atoms with Gasteiger partial charge in [-0.2, -0.15) is 0 Å². The molecule has 0 bridgehead atoms. The van der Waals surface area contributed by atoms with E-state index >= 15 is 0 Å². The summed E-state index contributed by atoms with van der Waals surface area (Å²) < 4.78 is 0. The van der Waals surface area contributed by atoms with Gasteiger partial charge in [-0.3, -0.25) is 4.99 Å². The Morgan fingerprint density at radius 2 is 1.86 bits per heavy atom. The number of aliphatic imine (C=N–C) groups is 1. The van der Waals surface area contributed by atoms with E-state index in [1.807, 2.05) is 6.92 Å². The maximum Gasteiger partial charge on any atom is 0.492 e. The van der Waals surface area contributed by atoms with Gasteiger partial charge in [-0.15, -0.1) is 0 Å². The normalized spacial score (nSPS) is 13.8. The van der Waals surface area contributed by atoms with Crippen LogP contribution in [0.15, 0.2) is 4.99 Å². The molecule has 14 heavy (non-hydrogen) atoms. The molecule has 0 atom stereocenters. The van der Waals surface area contributed by atoms with E-state index in [-0.39, 0.29) is 6.04 Å². The Morgan fingerprint density at radius 3 is 2.29 bits per heavy atom. The molecule has 0 aromatic heterocycles. The number of nitrogens with zero attached hydrogens (tertiary/aromatic N) is 1. The molecule has 0 saturated heterocycles. The molecular formula is C9H21NO3Si. The molecular weight excluding hydrogens is 198 g/mol. The van der Waals surface area contributed by atoms with E-state index in [2.05, 4.69) is 18.8 Å². The summed E-state index contributed by atoms with van der Waals surface area (Å²) in [7, 11) is -3.83. The lowest BCUT2D eigenvalue weighted by molar-refractivity contribution is 0.227. The second-order valence-corrected chi connectivity index (χ2v) is 6.14. The Labute approximate surface area is 86.7 Å². The van der Waals surface area contributed by atoms with Gasteiger partial charge in [-0.25, -0.2) is 0 Å². The first-order valence-electron chi connectivity index (χ1n) is 4.98. The van der Waals surface area contributed by atoms with Crippen molar-refractivity contribution in [3.05, 3.63) is 0 Å². The van der Waals surface area contributed by atoms with E-state index in [0.29, 0.717) is 18.9 Å². The number of hydrogen-bond acceptors (Lipinski definition) is 4. The van der Waals surface area contributed by atoms with Crippen LogP contribution in [0, 0.1) is 5.92 Å². The summed E-state index contributed by atoms with van der Waals surface area (Å²) in [5.41, 5.74) is 1.08. The molecule has 5 heteroatoms. The van der Waals surface area contributed by atoms with Crippen molar-refractivity contribution in [2.75, 3.05) is 6.54 Å². The molecule has 0 rings (SSSR count). The Morgan fingerprint density at radius 1 is 1.29 bits per heavy atom. The summed E-state index contributed by atoms with van der Waals surface area (Å²) >= 11 is 0. The third-order valence-corrected chi connectivity index (χ3v) is 2.78. The standard InChI is InChI=1S/C9H21NO3Si/c1-8(2)7-9(3)10-5-4-6-14(11,12)13/h8,11-13H,4-7H2,1-3H3. The highest BCUT2D eigenvalue weighted by Gasteiger charge is 2.25. The predicted octanol–water partition coefficient (Wildman–Crippen LogP) is 0.799. The van der Waals surface area contributed by atoms with Gasteiger partial charge in [-0.1, -0.05) is 13.8 Å². The van der Waals surface area contributed by atoms with Crippen molar-refractivity contribution in [3.63, 3.8) is 0 Å². The molecule has 0 aromatic rings. The van der Waals surface area contributed by atoms with Crippen LogP contribution in [-0.4, -0.2) is 35.4 Å². The number of hydrogen-bond donors (Lipinski definition) is 3. The van der Waals surface area contributed by atoms with Gasteiger partial charge in [0.25, 0.3) is 0 Å². The van der Waals surface area contributed by atoms with Crippen molar-refractivity contribution in [3.8, 4) is 0 Å². The molecule has 0 radical (unpaired) electrons. The van der Waals surface area contributed by atoms with Crippen LogP contribution in [0.1, 0.15) is 33.6 Å². The fourth-order valence-electron chi connectivity index (χ4n) is 1.24. The van der Waals surface area contributed by atoms with Crippen molar-refractivity contribution < 1.29 is 14.4 Å². The first-order valence-corrected chi connectivity index (χ1v) is 7.03.